The van der Waals surface area contributed by atoms with Crippen molar-refractivity contribution in [3.05, 3.63) is 22.4 Å². The molecule has 0 aliphatic carbocycles. The Bertz CT molecular complexity index is 287. The second kappa shape index (κ2) is 5.79. The number of nitrogens with zero attached hydrogens (tertiary/aromatic N) is 2. The second-order valence-electron chi connectivity index (χ2n) is 3.52. The smallest absolute Gasteiger partial charge is 0.0638 e. The van der Waals surface area contributed by atoms with Crippen LogP contribution in [0.4, 0.5) is 0 Å². The van der Waals surface area contributed by atoms with Gasteiger partial charge in [0.1, 0.15) is 0 Å². The normalized spacial score (nSPS) is 12.7. The van der Waals surface area contributed by atoms with E-state index in [9.17, 15) is 0 Å². The molecule has 0 spiro atoms. The SMILES string of the molecule is CC(CC#N)N(C)CCc1cccs1. The van der Waals surface area contributed by atoms with Gasteiger partial charge in [-0.25, -0.2) is 0 Å². The van der Waals surface area contributed by atoms with Crippen molar-refractivity contribution in [2.75, 3.05) is 13.6 Å². The predicted molar refractivity (Wildman–Crippen MR) is 60.3 cm³/mol. The Morgan fingerprint density at radius 1 is 1.64 bits per heavy atom. The van der Waals surface area contributed by atoms with E-state index < -0.39 is 0 Å². The van der Waals surface area contributed by atoms with Gasteiger partial charge in [0.2, 0.25) is 0 Å². The van der Waals surface area contributed by atoms with Crippen LogP contribution in [0.3, 0.4) is 0 Å². The van der Waals surface area contributed by atoms with Gasteiger partial charge in [-0.2, -0.15) is 5.26 Å². The Labute approximate surface area is 89.8 Å². The topological polar surface area (TPSA) is 27.0 Å². The summed E-state index contributed by atoms with van der Waals surface area (Å²) in [7, 11) is 2.08. The highest BCUT2D eigenvalue weighted by atomic mass is 32.1. The van der Waals surface area contributed by atoms with Gasteiger partial charge in [0.25, 0.3) is 0 Å². The van der Waals surface area contributed by atoms with Gasteiger partial charge in [0, 0.05) is 17.5 Å². The van der Waals surface area contributed by atoms with Crippen molar-refractivity contribution in [3.8, 4) is 6.07 Å². The van der Waals surface area contributed by atoms with Crippen LogP contribution < -0.4 is 0 Å². The number of nitriles is 1. The van der Waals surface area contributed by atoms with Gasteiger partial charge in [-0.3, -0.25) is 0 Å². The number of hydrogen-bond donors (Lipinski definition) is 0. The van der Waals surface area contributed by atoms with E-state index in [2.05, 4.69) is 42.5 Å². The maximum absolute atomic E-state index is 8.56. The molecule has 1 unspecified atom stereocenters. The lowest BCUT2D eigenvalue weighted by Crippen LogP contribution is -2.30. The van der Waals surface area contributed by atoms with E-state index >= 15 is 0 Å². The highest BCUT2D eigenvalue weighted by Gasteiger charge is 2.08. The van der Waals surface area contributed by atoms with Crippen molar-refractivity contribution in [1.29, 1.82) is 5.26 Å². The van der Waals surface area contributed by atoms with Crippen LogP contribution in [0, 0.1) is 11.3 Å². The Balaban J connectivity index is 2.28. The predicted octanol–water partition coefficient (Wildman–Crippen LogP) is 2.52. The molecule has 0 fully saturated rings. The van der Waals surface area contributed by atoms with Gasteiger partial charge in [0.05, 0.1) is 12.5 Å². The molecule has 3 heteroatoms. The molecule has 0 N–H and O–H groups in total. The maximum atomic E-state index is 8.56. The first kappa shape index (κ1) is 11.2. The highest BCUT2D eigenvalue weighted by Crippen LogP contribution is 2.10. The number of hydrogen-bond acceptors (Lipinski definition) is 3. The van der Waals surface area contributed by atoms with Crippen LogP contribution in [0.2, 0.25) is 0 Å². The van der Waals surface area contributed by atoms with E-state index in [-0.39, 0.29) is 0 Å². The molecule has 1 rings (SSSR count). The third-order valence-corrected chi connectivity index (χ3v) is 3.37. The van der Waals surface area contributed by atoms with Crippen LogP contribution in [0.15, 0.2) is 17.5 Å². The Morgan fingerprint density at radius 3 is 3.00 bits per heavy atom. The Kier molecular flexibility index (Phi) is 4.64. The first-order valence-corrected chi connectivity index (χ1v) is 5.71. The molecule has 1 atom stereocenters. The lowest BCUT2D eigenvalue weighted by molar-refractivity contribution is 0.264. The van der Waals surface area contributed by atoms with Crippen molar-refractivity contribution in [2.24, 2.45) is 0 Å². The van der Waals surface area contributed by atoms with E-state index in [0.717, 1.165) is 13.0 Å². The van der Waals surface area contributed by atoms with E-state index in [4.69, 9.17) is 5.26 Å². The summed E-state index contributed by atoms with van der Waals surface area (Å²) in [5.74, 6) is 0. The quantitative estimate of drug-likeness (QED) is 0.743. The fourth-order valence-electron chi connectivity index (χ4n) is 1.25. The minimum atomic E-state index is 0.361. The fourth-order valence-corrected chi connectivity index (χ4v) is 1.95. The standard InChI is InChI=1S/C11H16N2S/c1-10(5-7-12)13(2)8-6-11-4-3-9-14-11/h3-4,9-10H,5-6,8H2,1-2H3. The van der Waals surface area contributed by atoms with E-state index in [0.29, 0.717) is 12.5 Å². The van der Waals surface area contributed by atoms with Crippen molar-refractivity contribution >= 4 is 11.3 Å². The van der Waals surface area contributed by atoms with Gasteiger partial charge < -0.3 is 4.90 Å². The van der Waals surface area contributed by atoms with Gasteiger partial charge in [-0.15, -0.1) is 11.3 Å². The molecule has 0 amide bonds. The summed E-state index contributed by atoms with van der Waals surface area (Å²) in [5.41, 5.74) is 0. The zero-order valence-electron chi connectivity index (χ0n) is 8.73. The van der Waals surface area contributed by atoms with Crippen LogP contribution >= 0.6 is 11.3 Å². The third kappa shape index (κ3) is 3.49. The monoisotopic (exact) mass is 208 g/mol. The van der Waals surface area contributed by atoms with Crippen LogP contribution in [0.1, 0.15) is 18.2 Å². The highest BCUT2D eigenvalue weighted by molar-refractivity contribution is 7.09. The van der Waals surface area contributed by atoms with Gasteiger partial charge >= 0.3 is 0 Å². The summed E-state index contributed by atoms with van der Waals surface area (Å²) in [5, 5.41) is 10.7. The minimum Gasteiger partial charge on any atom is -0.302 e. The molecule has 0 aliphatic rings. The average molecular weight is 208 g/mol. The summed E-state index contributed by atoms with van der Waals surface area (Å²) >= 11 is 1.80. The van der Waals surface area contributed by atoms with Crippen molar-refractivity contribution < 1.29 is 0 Å². The Morgan fingerprint density at radius 2 is 2.43 bits per heavy atom. The summed E-state index contributed by atoms with van der Waals surface area (Å²) in [6.07, 6.45) is 1.70. The third-order valence-electron chi connectivity index (χ3n) is 2.43. The summed E-state index contributed by atoms with van der Waals surface area (Å²) in [4.78, 5) is 3.66. The largest absolute Gasteiger partial charge is 0.302 e. The first-order chi connectivity index (χ1) is 6.74. The summed E-state index contributed by atoms with van der Waals surface area (Å²) in [6.45, 7) is 3.13. The first-order valence-electron chi connectivity index (χ1n) is 4.83. The molecule has 14 heavy (non-hydrogen) atoms. The molecule has 0 saturated carbocycles. The fraction of sp³-hybridized carbons (Fsp3) is 0.545. The molecule has 1 heterocycles. The van der Waals surface area contributed by atoms with Crippen LogP contribution in [-0.4, -0.2) is 24.5 Å². The van der Waals surface area contributed by atoms with Crippen molar-refractivity contribution in [1.82, 2.24) is 4.90 Å². The summed E-state index contributed by atoms with van der Waals surface area (Å²) in [6, 6.07) is 6.81. The lowest BCUT2D eigenvalue weighted by atomic mass is 10.2. The zero-order chi connectivity index (χ0) is 10.4. The molecule has 1 aromatic heterocycles. The molecule has 0 radical (unpaired) electrons. The molecule has 2 nitrogen and oxygen atoms in total. The van der Waals surface area contributed by atoms with Gasteiger partial charge in [-0.1, -0.05) is 6.07 Å². The molecule has 0 saturated heterocycles. The van der Waals surface area contributed by atoms with Crippen molar-refractivity contribution in [2.45, 2.75) is 25.8 Å². The van der Waals surface area contributed by atoms with Crippen molar-refractivity contribution in [3.63, 3.8) is 0 Å². The molecule has 1 aromatic rings. The summed E-state index contributed by atoms with van der Waals surface area (Å²) < 4.78 is 0. The number of likely N-dealkylation sites (N-methyl/N-ethyl adjacent to an activating group) is 1. The average Bonchev–Trinajstić information content (AvgIpc) is 2.67. The number of thiophene rings is 1. The molecule has 76 valence electrons. The van der Waals surface area contributed by atoms with E-state index in [1.165, 1.54) is 4.88 Å². The molecular weight excluding hydrogens is 192 g/mol. The van der Waals surface area contributed by atoms with Gasteiger partial charge in [-0.05, 0) is 31.8 Å². The molecule has 0 bridgehead atoms. The Hall–Kier alpha value is -0.850. The molecule has 0 aliphatic heterocycles. The van der Waals surface area contributed by atoms with Gasteiger partial charge in [0.15, 0.2) is 0 Å². The van der Waals surface area contributed by atoms with Crippen LogP contribution in [0.25, 0.3) is 0 Å². The number of rotatable bonds is 5. The van der Waals surface area contributed by atoms with Crippen LogP contribution in [0.5, 0.6) is 0 Å². The maximum Gasteiger partial charge on any atom is 0.0638 e. The second-order valence-corrected chi connectivity index (χ2v) is 4.55. The van der Waals surface area contributed by atoms with Crippen LogP contribution in [-0.2, 0) is 6.42 Å². The zero-order valence-corrected chi connectivity index (χ0v) is 9.55. The molecule has 0 aromatic carbocycles. The molecular formula is C11H16N2S. The minimum absolute atomic E-state index is 0.361. The van der Waals surface area contributed by atoms with E-state index in [1.807, 2.05) is 0 Å². The van der Waals surface area contributed by atoms with E-state index in [1.54, 1.807) is 11.3 Å². The lowest BCUT2D eigenvalue weighted by Gasteiger charge is -2.21.